The molecule has 0 unspecified atom stereocenters. The molecule has 0 amide bonds. The number of hydrogen-bond acceptors (Lipinski definition) is 3. The molecule has 47 heavy (non-hydrogen) atoms. The molecule has 4 heteroatoms. The predicted octanol–water partition coefficient (Wildman–Crippen LogP) is 10.8. The molecular weight excluding hydrogens is 573 g/mol. The van der Waals surface area contributed by atoms with E-state index in [1.165, 1.54) is 27.4 Å². The topological polar surface area (TPSA) is 43.6 Å². The molecule has 3 aromatic heterocycles. The van der Waals surface area contributed by atoms with Crippen LogP contribution in [0.2, 0.25) is 0 Å². The zero-order valence-corrected chi connectivity index (χ0v) is 25.5. The summed E-state index contributed by atoms with van der Waals surface area (Å²) in [5, 5.41) is 3.57. The van der Waals surface area contributed by atoms with Gasteiger partial charge in [0.25, 0.3) is 0 Å². The second-order valence-corrected chi connectivity index (χ2v) is 11.7. The fraction of sp³-hybridized carbons (Fsp3) is 0. The molecule has 0 aliphatic heterocycles. The molecule has 0 aliphatic rings. The Morgan fingerprint density at radius 1 is 0.362 bits per heavy atom. The van der Waals surface area contributed by atoms with E-state index >= 15 is 0 Å². The number of nitrogens with zero attached hydrogens (tertiary/aromatic N) is 4. The summed E-state index contributed by atoms with van der Waals surface area (Å²) in [5.41, 5.74) is 11.4. The molecule has 0 bridgehead atoms. The van der Waals surface area contributed by atoms with Crippen molar-refractivity contribution >= 4 is 32.7 Å². The fourth-order valence-corrected chi connectivity index (χ4v) is 6.50. The van der Waals surface area contributed by atoms with E-state index in [1.54, 1.807) is 0 Å². The van der Waals surface area contributed by atoms with Gasteiger partial charge < -0.3 is 4.57 Å². The van der Waals surface area contributed by atoms with Gasteiger partial charge in [0.05, 0.1) is 27.9 Å². The lowest BCUT2D eigenvalue weighted by molar-refractivity contribution is 1.16. The van der Waals surface area contributed by atoms with Crippen LogP contribution >= 0.6 is 0 Å². The second kappa shape index (κ2) is 11.2. The minimum absolute atomic E-state index is 0.608. The largest absolute Gasteiger partial charge is 0.309 e. The lowest BCUT2D eigenvalue weighted by atomic mass is 10.00. The smallest absolute Gasteiger partial charge is 0.179 e. The Hall–Kier alpha value is -6.39. The highest BCUT2D eigenvalue weighted by Crippen LogP contribution is 2.36. The van der Waals surface area contributed by atoms with Crippen molar-refractivity contribution in [2.75, 3.05) is 0 Å². The third-order valence-corrected chi connectivity index (χ3v) is 8.82. The van der Waals surface area contributed by atoms with Gasteiger partial charge in [-0.1, -0.05) is 121 Å². The quantitative estimate of drug-likeness (QED) is 0.197. The van der Waals surface area contributed by atoms with Crippen molar-refractivity contribution in [1.29, 1.82) is 0 Å². The van der Waals surface area contributed by atoms with Crippen LogP contribution in [-0.4, -0.2) is 19.5 Å². The van der Waals surface area contributed by atoms with E-state index in [0.29, 0.717) is 5.82 Å². The lowest BCUT2D eigenvalue weighted by Crippen LogP contribution is -1.97. The third-order valence-electron chi connectivity index (χ3n) is 8.82. The van der Waals surface area contributed by atoms with Gasteiger partial charge in [-0.15, -0.1) is 0 Å². The number of benzene rings is 6. The van der Waals surface area contributed by atoms with Gasteiger partial charge in [-0.3, -0.25) is 0 Å². The lowest BCUT2D eigenvalue weighted by Gasteiger charge is -2.10. The Bertz CT molecular complexity index is 2550. The summed E-state index contributed by atoms with van der Waals surface area (Å²) in [5.74, 6) is 0.608. The zero-order chi connectivity index (χ0) is 31.2. The maximum atomic E-state index is 5.04. The van der Waals surface area contributed by atoms with Gasteiger partial charge in [-0.05, 0) is 59.7 Å². The molecule has 3 heterocycles. The molecule has 0 spiro atoms. The average Bonchev–Trinajstić information content (AvgIpc) is 3.49. The highest BCUT2D eigenvalue weighted by molar-refractivity contribution is 6.10. The maximum absolute atomic E-state index is 5.04. The molecule has 0 aliphatic carbocycles. The molecule has 0 saturated heterocycles. The first kappa shape index (κ1) is 27.0. The van der Waals surface area contributed by atoms with E-state index in [-0.39, 0.29) is 0 Å². The van der Waals surface area contributed by atoms with Crippen LogP contribution < -0.4 is 0 Å². The summed E-state index contributed by atoms with van der Waals surface area (Å²) in [7, 11) is 0. The van der Waals surface area contributed by atoms with Crippen LogP contribution in [0.25, 0.3) is 83.6 Å². The van der Waals surface area contributed by atoms with E-state index in [9.17, 15) is 0 Å². The fourth-order valence-electron chi connectivity index (χ4n) is 6.50. The first-order valence-corrected chi connectivity index (χ1v) is 15.8. The molecule has 9 aromatic rings. The number of fused-ring (bicyclic) bond motifs is 4. The summed E-state index contributed by atoms with van der Waals surface area (Å²) in [6, 6.07) is 59.2. The molecule has 220 valence electrons. The van der Waals surface area contributed by atoms with E-state index in [4.69, 9.17) is 15.0 Å². The summed E-state index contributed by atoms with van der Waals surface area (Å²) in [6.07, 6.45) is 0. The Labute approximate surface area is 272 Å². The van der Waals surface area contributed by atoms with Crippen molar-refractivity contribution in [3.05, 3.63) is 170 Å². The highest BCUT2D eigenvalue weighted by Gasteiger charge is 2.15. The number of rotatable bonds is 5. The van der Waals surface area contributed by atoms with E-state index < -0.39 is 0 Å². The predicted molar refractivity (Wildman–Crippen MR) is 193 cm³/mol. The van der Waals surface area contributed by atoms with Gasteiger partial charge in [0.1, 0.15) is 5.69 Å². The van der Waals surface area contributed by atoms with E-state index in [2.05, 4.69) is 132 Å². The molecule has 0 fully saturated rings. The van der Waals surface area contributed by atoms with Crippen LogP contribution in [-0.2, 0) is 0 Å². The van der Waals surface area contributed by atoms with Crippen molar-refractivity contribution in [3.63, 3.8) is 0 Å². The number of hydrogen-bond donors (Lipinski definition) is 0. The maximum Gasteiger partial charge on any atom is 0.179 e. The molecule has 0 atom stereocenters. The van der Waals surface area contributed by atoms with Gasteiger partial charge in [-0.2, -0.15) is 0 Å². The van der Waals surface area contributed by atoms with Crippen molar-refractivity contribution in [2.24, 2.45) is 0 Å². The zero-order valence-electron chi connectivity index (χ0n) is 25.5. The normalized spacial score (nSPS) is 11.4. The van der Waals surface area contributed by atoms with Crippen LogP contribution in [0.1, 0.15) is 0 Å². The van der Waals surface area contributed by atoms with E-state index in [1.807, 2.05) is 42.5 Å². The number of aromatic nitrogens is 4. The van der Waals surface area contributed by atoms with Gasteiger partial charge in [0.15, 0.2) is 5.82 Å². The third kappa shape index (κ3) is 4.84. The highest BCUT2D eigenvalue weighted by atomic mass is 15.0. The standard InChI is InChI=1S/C43H28N4/c1-3-11-30(12-4-1)39-28-40(46-43(45-39)38-25-23-31-13-7-9-17-37(31)44-38)32-21-19-29(20-22-32)33-24-26-42-36(27-33)35-16-8-10-18-41(35)47(42)34-14-5-2-6-15-34/h1-28H. The van der Waals surface area contributed by atoms with Crippen molar-refractivity contribution in [3.8, 4) is 50.8 Å². The molecular formula is C43H28N4. The summed E-state index contributed by atoms with van der Waals surface area (Å²) in [6.45, 7) is 0. The summed E-state index contributed by atoms with van der Waals surface area (Å²) < 4.78 is 2.35. The minimum Gasteiger partial charge on any atom is -0.309 e. The molecule has 9 rings (SSSR count). The van der Waals surface area contributed by atoms with Crippen molar-refractivity contribution in [1.82, 2.24) is 19.5 Å². The van der Waals surface area contributed by atoms with E-state index in [0.717, 1.165) is 50.4 Å². The Kier molecular flexibility index (Phi) is 6.43. The molecule has 6 aromatic carbocycles. The van der Waals surface area contributed by atoms with Crippen LogP contribution in [0, 0.1) is 0 Å². The Morgan fingerprint density at radius 3 is 1.79 bits per heavy atom. The van der Waals surface area contributed by atoms with Crippen molar-refractivity contribution in [2.45, 2.75) is 0 Å². The second-order valence-electron chi connectivity index (χ2n) is 11.7. The number of pyridine rings is 1. The SMILES string of the molecule is c1ccc(-c2cc(-c3ccc(-c4ccc5c(c4)c4ccccc4n5-c4ccccc4)cc3)nc(-c3ccc4ccccc4n3)n2)cc1. The van der Waals surface area contributed by atoms with Gasteiger partial charge in [0.2, 0.25) is 0 Å². The number of para-hydroxylation sites is 3. The van der Waals surface area contributed by atoms with Gasteiger partial charge in [-0.25, -0.2) is 15.0 Å². The minimum atomic E-state index is 0.608. The Morgan fingerprint density at radius 2 is 0.979 bits per heavy atom. The summed E-state index contributed by atoms with van der Waals surface area (Å²) in [4.78, 5) is 14.9. The Balaban J connectivity index is 1.13. The monoisotopic (exact) mass is 600 g/mol. The van der Waals surface area contributed by atoms with Gasteiger partial charge in [0, 0.05) is 33.0 Å². The van der Waals surface area contributed by atoms with Crippen LogP contribution in [0.15, 0.2) is 170 Å². The first-order valence-electron chi connectivity index (χ1n) is 15.8. The van der Waals surface area contributed by atoms with Gasteiger partial charge >= 0.3 is 0 Å². The summed E-state index contributed by atoms with van der Waals surface area (Å²) >= 11 is 0. The molecule has 0 N–H and O–H groups in total. The molecule has 0 radical (unpaired) electrons. The van der Waals surface area contributed by atoms with Crippen molar-refractivity contribution < 1.29 is 0 Å². The molecule has 4 nitrogen and oxygen atoms in total. The van der Waals surface area contributed by atoms with Crippen LogP contribution in [0.3, 0.4) is 0 Å². The first-order chi connectivity index (χ1) is 23.3. The molecule has 0 saturated carbocycles. The van der Waals surface area contributed by atoms with Crippen LogP contribution in [0.5, 0.6) is 0 Å². The average molecular weight is 601 g/mol. The van der Waals surface area contributed by atoms with Crippen LogP contribution in [0.4, 0.5) is 0 Å².